The molecule has 5 nitrogen and oxygen atoms in total. The van der Waals surface area contributed by atoms with Gasteiger partial charge >= 0.3 is 0 Å². The third kappa shape index (κ3) is 5.11. The number of carbonyl (C=O) groups excluding carboxylic acids is 2. The molecule has 2 amide bonds. The van der Waals surface area contributed by atoms with E-state index in [1.54, 1.807) is 30.3 Å². The van der Waals surface area contributed by atoms with Gasteiger partial charge in [-0.15, -0.1) is 0 Å². The molecule has 0 bridgehead atoms. The maximum Gasteiger partial charge on any atom is 0.243 e. The van der Waals surface area contributed by atoms with Crippen molar-refractivity contribution >= 4 is 52.1 Å². The second kappa shape index (κ2) is 7.76. The zero-order valence-corrected chi connectivity index (χ0v) is 14.8. The molecule has 2 aromatic rings. The van der Waals surface area contributed by atoms with Gasteiger partial charge in [0.05, 0.1) is 17.3 Å². The molecule has 2 aromatic carbocycles. The number of hydrogen-bond donors (Lipinski definition) is 3. The highest BCUT2D eigenvalue weighted by molar-refractivity contribution is 6.35. The van der Waals surface area contributed by atoms with Gasteiger partial charge in [-0.1, -0.05) is 23.2 Å². The van der Waals surface area contributed by atoms with E-state index >= 15 is 0 Å². The van der Waals surface area contributed by atoms with E-state index in [1.165, 1.54) is 0 Å². The van der Waals surface area contributed by atoms with E-state index in [-0.39, 0.29) is 24.3 Å². The van der Waals surface area contributed by atoms with E-state index in [9.17, 15) is 9.59 Å². The van der Waals surface area contributed by atoms with Crippen LogP contribution in [0, 0.1) is 5.92 Å². The molecule has 7 heteroatoms. The smallest absolute Gasteiger partial charge is 0.243 e. The fraction of sp³-hybridized carbons (Fsp3) is 0.222. The van der Waals surface area contributed by atoms with Crippen molar-refractivity contribution in [1.29, 1.82) is 0 Å². The molecule has 0 saturated heterocycles. The number of benzene rings is 2. The van der Waals surface area contributed by atoms with Crippen molar-refractivity contribution < 1.29 is 9.59 Å². The van der Waals surface area contributed by atoms with Crippen LogP contribution in [0.5, 0.6) is 0 Å². The molecule has 3 N–H and O–H groups in total. The summed E-state index contributed by atoms with van der Waals surface area (Å²) >= 11 is 11.9. The van der Waals surface area contributed by atoms with Gasteiger partial charge in [0.25, 0.3) is 0 Å². The third-order valence-electron chi connectivity index (χ3n) is 3.76. The van der Waals surface area contributed by atoms with Gasteiger partial charge in [-0.2, -0.15) is 0 Å². The number of rotatable bonds is 6. The maximum absolute atomic E-state index is 12.0. The molecule has 0 unspecified atom stereocenters. The highest BCUT2D eigenvalue weighted by atomic mass is 35.5. The zero-order chi connectivity index (χ0) is 17.8. The van der Waals surface area contributed by atoms with Crippen LogP contribution in [0.4, 0.5) is 17.1 Å². The van der Waals surface area contributed by atoms with Crippen LogP contribution in [0.1, 0.15) is 12.8 Å². The van der Waals surface area contributed by atoms with Crippen LogP contribution in [0.25, 0.3) is 0 Å². The van der Waals surface area contributed by atoms with Gasteiger partial charge in [-0.05, 0) is 55.3 Å². The SMILES string of the molecule is O=C(CNc1ccc(NC(=O)C2CC2)cc1)Nc1cc(Cl)ccc1Cl. The van der Waals surface area contributed by atoms with E-state index in [0.29, 0.717) is 15.7 Å². The fourth-order valence-electron chi connectivity index (χ4n) is 2.23. The van der Waals surface area contributed by atoms with Crippen LogP contribution in [0.15, 0.2) is 42.5 Å². The molecule has 130 valence electrons. The summed E-state index contributed by atoms with van der Waals surface area (Å²) in [4.78, 5) is 23.7. The second-order valence-electron chi connectivity index (χ2n) is 5.87. The molecule has 3 rings (SSSR count). The Hall–Kier alpha value is -2.24. The summed E-state index contributed by atoms with van der Waals surface area (Å²) in [6.07, 6.45) is 1.94. The summed E-state index contributed by atoms with van der Waals surface area (Å²) < 4.78 is 0. The monoisotopic (exact) mass is 377 g/mol. The number of hydrogen-bond acceptors (Lipinski definition) is 3. The number of amides is 2. The summed E-state index contributed by atoms with van der Waals surface area (Å²) in [5.74, 6) is -0.00595. The predicted octanol–water partition coefficient (Wildman–Crippen LogP) is 4.39. The largest absolute Gasteiger partial charge is 0.376 e. The van der Waals surface area contributed by atoms with Crippen molar-refractivity contribution in [3.05, 3.63) is 52.5 Å². The minimum atomic E-state index is -0.240. The lowest BCUT2D eigenvalue weighted by Crippen LogP contribution is -2.22. The Labute approximate surface area is 155 Å². The molecule has 25 heavy (non-hydrogen) atoms. The van der Waals surface area contributed by atoms with Crippen molar-refractivity contribution in [2.24, 2.45) is 5.92 Å². The molecule has 0 radical (unpaired) electrons. The first-order chi connectivity index (χ1) is 12.0. The standard InChI is InChI=1S/C18H17Cl2N3O2/c19-12-3-8-15(20)16(9-12)23-17(24)10-21-13-4-6-14(7-5-13)22-18(25)11-1-2-11/h3-9,11,21H,1-2,10H2,(H,22,25)(H,23,24). The van der Waals surface area contributed by atoms with Gasteiger partial charge < -0.3 is 16.0 Å². The lowest BCUT2D eigenvalue weighted by Gasteiger charge is -2.10. The van der Waals surface area contributed by atoms with Crippen LogP contribution in [0.3, 0.4) is 0 Å². The van der Waals surface area contributed by atoms with E-state index in [0.717, 1.165) is 24.2 Å². The lowest BCUT2D eigenvalue weighted by molar-refractivity contribution is -0.117. The van der Waals surface area contributed by atoms with Gasteiger partial charge in [0.1, 0.15) is 0 Å². The topological polar surface area (TPSA) is 70.2 Å². The van der Waals surface area contributed by atoms with Crippen molar-refractivity contribution in [2.45, 2.75) is 12.8 Å². The van der Waals surface area contributed by atoms with Gasteiger partial charge in [0.15, 0.2) is 0 Å². The molecule has 0 aromatic heterocycles. The fourth-order valence-corrected chi connectivity index (χ4v) is 2.57. The van der Waals surface area contributed by atoms with E-state index in [2.05, 4.69) is 16.0 Å². The molecule has 0 heterocycles. The Balaban J connectivity index is 1.49. The first-order valence-electron chi connectivity index (χ1n) is 7.91. The van der Waals surface area contributed by atoms with Crippen LogP contribution < -0.4 is 16.0 Å². The predicted molar refractivity (Wildman–Crippen MR) is 101 cm³/mol. The molecule has 0 spiro atoms. The van der Waals surface area contributed by atoms with E-state index in [4.69, 9.17) is 23.2 Å². The van der Waals surface area contributed by atoms with Crippen LogP contribution >= 0.6 is 23.2 Å². The normalized spacial score (nSPS) is 13.2. The Morgan fingerprint density at radius 2 is 1.64 bits per heavy atom. The minimum absolute atomic E-state index is 0.0680. The number of carbonyl (C=O) groups is 2. The number of halogens is 2. The van der Waals surface area contributed by atoms with Gasteiger partial charge in [0.2, 0.25) is 11.8 Å². The molecular formula is C18H17Cl2N3O2. The maximum atomic E-state index is 12.0. The average molecular weight is 378 g/mol. The quantitative estimate of drug-likeness (QED) is 0.698. The first kappa shape index (κ1) is 17.6. The molecule has 1 aliphatic rings. The Morgan fingerprint density at radius 1 is 0.960 bits per heavy atom. The van der Waals surface area contributed by atoms with Crippen molar-refractivity contribution in [3.8, 4) is 0 Å². The summed E-state index contributed by atoms with van der Waals surface area (Å²) in [5, 5.41) is 9.51. The zero-order valence-electron chi connectivity index (χ0n) is 13.3. The summed E-state index contributed by atoms with van der Waals surface area (Å²) in [6, 6.07) is 12.1. The Kier molecular flexibility index (Phi) is 5.46. The molecule has 0 atom stereocenters. The summed E-state index contributed by atoms with van der Waals surface area (Å²) in [6.45, 7) is 0.0800. The molecule has 1 fully saturated rings. The van der Waals surface area contributed by atoms with Gasteiger partial charge in [0, 0.05) is 22.3 Å². The first-order valence-corrected chi connectivity index (χ1v) is 8.66. The van der Waals surface area contributed by atoms with Crippen LogP contribution in [0.2, 0.25) is 10.0 Å². The Bertz CT molecular complexity index is 789. The van der Waals surface area contributed by atoms with E-state index in [1.807, 2.05) is 12.1 Å². The summed E-state index contributed by atoms with van der Waals surface area (Å²) in [7, 11) is 0. The third-order valence-corrected chi connectivity index (χ3v) is 4.32. The summed E-state index contributed by atoms with van der Waals surface area (Å²) in [5.41, 5.74) is 1.99. The van der Waals surface area contributed by atoms with Crippen molar-refractivity contribution in [3.63, 3.8) is 0 Å². The van der Waals surface area contributed by atoms with Crippen molar-refractivity contribution in [2.75, 3.05) is 22.5 Å². The highest BCUT2D eigenvalue weighted by Gasteiger charge is 2.29. The molecule has 1 saturated carbocycles. The molecule has 1 aliphatic carbocycles. The van der Waals surface area contributed by atoms with Crippen LogP contribution in [-0.4, -0.2) is 18.4 Å². The Morgan fingerprint density at radius 3 is 2.32 bits per heavy atom. The number of nitrogens with one attached hydrogen (secondary N) is 3. The van der Waals surface area contributed by atoms with Crippen LogP contribution in [-0.2, 0) is 9.59 Å². The molecule has 0 aliphatic heterocycles. The van der Waals surface area contributed by atoms with E-state index < -0.39 is 0 Å². The lowest BCUT2D eigenvalue weighted by atomic mass is 10.2. The van der Waals surface area contributed by atoms with Gasteiger partial charge in [-0.25, -0.2) is 0 Å². The van der Waals surface area contributed by atoms with Gasteiger partial charge in [-0.3, -0.25) is 9.59 Å². The molecular weight excluding hydrogens is 361 g/mol. The minimum Gasteiger partial charge on any atom is -0.376 e. The second-order valence-corrected chi connectivity index (χ2v) is 6.71. The number of anilines is 3. The highest BCUT2D eigenvalue weighted by Crippen LogP contribution is 2.30. The van der Waals surface area contributed by atoms with Crippen molar-refractivity contribution in [1.82, 2.24) is 0 Å². The average Bonchev–Trinajstić information content (AvgIpc) is 3.43.